The molecule has 102 valence electrons. The van der Waals surface area contributed by atoms with Gasteiger partial charge in [0.05, 0.1) is 6.54 Å². The summed E-state index contributed by atoms with van der Waals surface area (Å²) in [6.07, 6.45) is 0. The van der Waals surface area contributed by atoms with E-state index in [-0.39, 0.29) is 18.4 Å². The summed E-state index contributed by atoms with van der Waals surface area (Å²) in [6, 6.07) is 1.28. The summed E-state index contributed by atoms with van der Waals surface area (Å²) in [7, 11) is -3.67. The number of anilines is 1. The van der Waals surface area contributed by atoms with E-state index < -0.39 is 16.1 Å². The molecule has 8 nitrogen and oxygen atoms in total. The maximum Gasteiger partial charge on any atom is 0.277 e. The van der Waals surface area contributed by atoms with Crippen molar-refractivity contribution in [2.45, 2.75) is 26.8 Å². The van der Waals surface area contributed by atoms with Crippen molar-refractivity contribution in [3.8, 4) is 0 Å². The Kier molecular flexibility index (Phi) is 4.82. The maximum atomic E-state index is 11.4. The maximum absolute atomic E-state index is 11.4. The highest BCUT2D eigenvalue weighted by Gasteiger charge is 2.13. The molecule has 0 bridgehead atoms. The number of rotatable bonds is 6. The van der Waals surface area contributed by atoms with E-state index in [0.29, 0.717) is 5.76 Å². The van der Waals surface area contributed by atoms with Crippen LogP contribution < -0.4 is 14.8 Å². The Hall–Kier alpha value is -1.45. The van der Waals surface area contributed by atoms with E-state index in [1.54, 1.807) is 20.8 Å². The Morgan fingerprint density at radius 3 is 2.67 bits per heavy atom. The normalized spacial score (nSPS) is 11.8. The molecular formula is C9H16N4O4S. The van der Waals surface area contributed by atoms with Gasteiger partial charge in [-0.1, -0.05) is 5.16 Å². The van der Waals surface area contributed by atoms with Crippen molar-refractivity contribution in [2.75, 3.05) is 11.9 Å². The molecule has 18 heavy (non-hydrogen) atoms. The lowest BCUT2D eigenvalue weighted by Crippen LogP contribution is -2.43. The number of hydrogen-bond donors (Lipinski definition) is 3. The molecule has 1 aromatic heterocycles. The average molecular weight is 276 g/mol. The van der Waals surface area contributed by atoms with Crippen LogP contribution in [0.5, 0.6) is 0 Å². The molecule has 3 N–H and O–H groups in total. The first kappa shape index (κ1) is 14.6. The van der Waals surface area contributed by atoms with E-state index in [1.165, 1.54) is 6.07 Å². The molecule has 0 atom stereocenters. The average Bonchev–Trinajstić information content (AvgIpc) is 2.59. The predicted octanol–water partition coefficient (Wildman–Crippen LogP) is -0.246. The van der Waals surface area contributed by atoms with Gasteiger partial charge in [0.25, 0.3) is 10.2 Å². The first-order valence-corrected chi connectivity index (χ1v) is 6.77. The van der Waals surface area contributed by atoms with Crippen molar-refractivity contribution in [3.05, 3.63) is 11.8 Å². The quantitative estimate of drug-likeness (QED) is 0.663. The zero-order valence-electron chi connectivity index (χ0n) is 10.4. The largest absolute Gasteiger partial charge is 0.360 e. The van der Waals surface area contributed by atoms with Gasteiger partial charge in [0.15, 0.2) is 5.82 Å². The van der Waals surface area contributed by atoms with Gasteiger partial charge in [-0.05, 0) is 20.8 Å². The fraction of sp³-hybridized carbons (Fsp3) is 0.556. The molecule has 1 heterocycles. The number of carbonyl (C=O) groups excluding carboxylic acids is 1. The first-order chi connectivity index (χ1) is 8.28. The molecule has 0 aliphatic rings. The van der Waals surface area contributed by atoms with Crippen LogP contribution in [0, 0.1) is 6.92 Å². The van der Waals surface area contributed by atoms with Crippen molar-refractivity contribution >= 4 is 21.9 Å². The van der Waals surface area contributed by atoms with Crippen LogP contribution in [0.1, 0.15) is 19.6 Å². The molecule has 1 aromatic rings. The molecule has 0 spiro atoms. The minimum absolute atomic E-state index is 0.244. The number of hydrogen-bond acceptors (Lipinski definition) is 5. The van der Waals surface area contributed by atoms with Crippen molar-refractivity contribution in [1.29, 1.82) is 0 Å². The van der Waals surface area contributed by atoms with Crippen LogP contribution in [0.25, 0.3) is 0 Å². The van der Waals surface area contributed by atoms with Crippen LogP contribution in [-0.4, -0.2) is 32.1 Å². The predicted molar refractivity (Wildman–Crippen MR) is 65.1 cm³/mol. The van der Waals surface area contributed by atoms with Gasteiger partial charge in [0.1, 0.15) is 5.76 Å². The topological polar surface area (TPSA) is 113 Å². The first-order valence-electron chi connectivity index (χ1n) is 5.28. The van der Waals surface area contributed by atoms with E-state index in [9.17, 15) is 13.2 Å². The second-order valence-corrected chi connectivity index (χ2v) is 5.50. The summed E-state index contributed by atoms with van der Waals surface area (Å²) >= 11 is 0. The SMILES string of the molecule is Cc1cc(NC(=O)CNS(=O)(=O)NC(C)C)no1. The standard InChI is InChI=1S/C9H16N4O4S/c1-6(2)13-18(15,16)10-5-9(14)11-8-4-7(3)17-12-8/h4,6,10,13H,5H2,1-3H3,(H,11,12,14). The summed E-state index contributed by atoms with van der Waals surface area (Å²) in [5, 5.41) is 5.94. The molecule has 1 amide bonds. The fourth-order valence-corrected chi connectivity index (χ4v) is 2.15. The molecule has 0 fully saturated rings. The van der Waals surface area contributed by atoms with Gasteiger partial charge in [0, 0.05) is 12.1 Å². The van der Waals surface area contributed by atoms with Gasteiger partial charge in [-0.2, -0.15) is 17.9 Å². The number of nitrogens with zero attached hydrogens (tertiary/aromatic N) is 1. The van der Waals surface area contributed by atoms with E-state index in [2.05, 4.69) is 19.9 Å². The second-order valence-electron chi connectivity index (χ2n) is 3.97. The van der Waals surface area contributed by atoms with Crippen LogP contribution in [0.3, 0.4) is 0 Å². The molecule has 0 saturated carbocycles. The van der Waals surface area contributed by atoms with Crippen molar-refractivity contribution in [3.63, 3.8) is 0 Å². The minimum atomic E-state index is -3.67. The smallest absolute Gasteiger partial charge is 0.277 e. The summed E-state index contributed by atoms with van der Waals surface area (Å²) in [5.41, 5.74) is 0. The summed E-state index contributed by atoms with van der Waals surface area (Å²) in [4.78, 5) is 11.4. The zero-order valence-corrected chi connectivity index (χ0v) is 11.2. The Labute approximate surface area is 105 Å². The molecule has 0 aromatic carbocycles. The molecule has 1 rings (SSSR count). The lowest BCUT2D eigenvalue weighted by molar-refractivity contribution is -0.115. The Morgan fingerprint density at radius 2 is 2.17 bits per heavy atom. The van der Waals surface area contributed by atoms with Crippen LogP contribution in [-0.2, 0) is 15.0 Å². The van der Waals surface area contributed by atoms with Gasteiger partial charge < -0.3 is 9.84 Å². The van der Waals surface area contributed by atoms with Crippen LogP contribution in [0.4, 0.5) is 5.82 Å². The monoisotopic (exact) mass is 276 g/mol. The van der Waals surface area contributed by atoms with Crippen molar-refractivity contribution in [1.82, 2.24) is 14.6 Å². The van der Waals surface area contributed by atoms with Gasteiger partial charge >= 0.3 is 0 Å². The Bertz CT molecular complexity index is 508. The van der Waals surface area contributed by atoms with Crippen LogP contribution in [0.2, 0.25) is 0 Å². The molecule has 0 aliphatic carbocycles. The van der Waals surface area contributed by atoms with E-state index in [4.69, 9.17) is 4.52 Å². The second kappa shape index (κ2) is 5.94. The van der Waals surface area contributed by atoms with Crippen molar-refractivity contribution in [2.24, 2.45) is 0 Å². The summed E-state index contributed by atoms with van der Waals surface area (Å²) in [6.45, 7) is 4.65. The van der Waals surface area contributed by atoms with Gasteiger partial charge in [-0.3, -0.25) is 4.79 Å². The minimum Gasteiger partial charge on any atom is -0.360 e. The molecule has 0 radical (unpaired) electrons. The lowest BCUT2D eigenvalue weighted by atomic mass is 10.4. The van der Waals surface area contributed by atoms with Gasteiger partial charge in [-0.15, -0.1) is 0 Å². The van der Waals surface area contributed by atoms with Gasteiger partial charge in [0.2, 0.25) is 5.91 Å². The highest BCUT2D eigenvalue weighted by atomic mass is 32.2. The van der Waals surface area contributed by atoms with E-state index in [0.717, 1.165) is 0 Å². The highest BCUT2D eigenvalue weighted by Crippen LogP contribution is 2.06. The fourth-order valence-electron chi connectivity index (χ4n) is 1.12. The molecular weight excluding hydrogens is 260 g/mol. The molecule has 0 unspecified atom stereocenters. The summed E-state index contributed by atoms with van der Waals surface area (Å²) in [5.74, 6) is 0.262. The number of amides is 1. The van der Waals surface area contributed by atoms with E-state index in [1.807, 2.05) is 0 Å². The molecule has 0 saturated heterocycles. The highest BCUT2D eigenvalue weighted by molar-refractivity contribution is 7.87. The molecule has 0 aliphatic heterocycles. The number of aryl methyl sites for hydroxylation is 1. The third-order valence-electron chi connectivity index (χ3n) is 1.71. The summed E-state index contributed by atoms with van der Waals surface area (Å²) < 4.78 is 31.9. The Morgan fingerprint density at radius 1 is 1.50 bits per heavy atom. The lowest BCUT2D eigenvalue weighted by Gasteiger charge is -2.09. The van der Waals surface area contributed by atoms with Crippen LogP contribution in [0.15, 0.2) is 10.6 Å². The van der Waals surface area contributed by atoms with Gasteiger partial charge in [-0.25, -0.2) is 0 Å². The number of carbonyl (C=O) groups is 1. The third-order valence-corrected chi connectivity index (χ3v) is 3.02. The zero-order chi connectivity index (χ0) is 13.8. The number of nitrogens with one attached hydrogen (secondary N) is 3. The number of aromatic nitrogens is 1. The van der Waals surface area contributed by atoms with Crippen molar-refractivity contribution < 1.29 is 17.7 Å². The molecule has 9 heteroatoms. The van der Waals surface area contributed by atoms with E-state index >= 15 is 0 Å². The van der Waals surface area contributed by atoms with Crippen LogP contribution >= 0.6 is 0 Å². The Balaban J connectivity index is 2.42. The third kappa shape index (κ3) is 5.25.